The molecule has 0 amide bonds. The van der Waals surface area contributed by atoms with Crippen LogP contribution in [0.4, 0.5) is 0 Å². The smallest absolute Gasteiger partial charge is 0.158 e. The number of unbranched alkanes of at least 4 members (excludes halogenated alkanes) is 2. The number of hydrogen-bond acceptors (Lipinski definition) is 1. The van der Waals surface area contributed by atoms with Crippen molar-refractivity contribution in [1.82, 2.24) is 0 Å². The number of hydrogen-bond donors (Lipinski definition) is 0. The van der Waals surface area contributed by atoms with Gasteiger partial charge in [0.15, 0.2) is 5.78 Å². The molecule has 15 heavy (non-hydrogen) atoms. The first-order chi connectivity index (χ1) is 7.25. The average Bonchev–Trinajstić information content (AvgIpc) is 2.29. The van der Waals surface area contributed by atoms with E-state index in [0.717, 1.165) is 18.4 Å². The summed E-state index contributed by atoms with van der Waals surface area (Å²) in [5.74, 6) is 0.836. The van der Waals surface area contributed by atoms with Crippen molar-refractivity contribution in [3.05, 3.63) is 12.2 Å². The van der Waals surface area contributed by atoms with Gasteiger partial charge in [-0.25, -0.2) is 0 Å². The van der Waals surface area contributed by atoms with Gasteiger partial charge in [0.05, 0.1) is 0 Å². The molecule has 0 bridgehead atoms. The van der Waals surface area contributed by atoms with Crippen LogP contribution in [0.25, 0.3) is 0 Å². The van der Waals surface area contributed by atoms with Crippen LogP contribution in [-0.4, -0.2) is 5.78 Å². The first-order valence-electron chi connectivity index (χ1n) is 6.47. The highest BCUT2D eigenvalue weighted by atomic mass is 16.1. The van der Waals surface area contributed by atoms with Crippen molar-refractivity contribution in [3.8, 4) is 0 Å². The first-order valence-corrected chi connectivity index (χ1v) is 6.47. The molecule has 0 aromatic rings. The summed E-state index contributed by atoms with van der Waals surface area (Å²) in [6.45, 7) is 6.17. The summed E-state index contributed by atoms with van der Waals surface area (Å²) < 4.78 is 0. The fourth-order valence-corrected chi connectivity index (χ4v) is 2.37. The summed E-state index contributed by atoms with van der Waals surface area (Å²) in [6.07, 6.45) is 10.4. The van der Waals surface area contributed by atoms with Gasteiger partial charge in [-0.1, -0.05) is 45.6 Å². The van der Waals surface area contributed by atoms with Crippen molar-refractivity contribution < 1.29 is 4.79 Å². The zero-order valence-electron chi connectivity index (χ0n) is 10.1. The van der Waals surface area contributed by atoms with E-state index in [9.17, 15) is 4.79 Å². The standard InChI is InChI=1S/C14H24O/c1-3-4-6-11-14(15)12(2)13-9-7-5-8-10-13/h13H,2-11H2,1H3. The van der Waals surface area contributed by atoms with E-state index in [2.05, 4.69) is 13.5 Å². The molecule has 0 spiro atoms. The van der Waals surface area contributed by atoms with Gasteiger partial charge in [0.1, 0.15) is 0 Å². The lowest BCUT2D eigenvalue weighted by atomic mass is 9.82. The van der Waals surface area contributed by atoms with E-state index in [0.29, 0.717) is 11.7 Å². The van der Waals surface area contributed by atoms with E-state index in [1.165, 1.54) is 44.9 Å². The van der Waals surface area contributed by atoms with E-state index in [1.54, 1.807) is 0 Å². The van der Waals surface area contributed by atoms with Gasteiger partial charge in [0, 0.05) is 6.42 Å². The van der Waals surface area contributed by atoms with Crippen molar-refractivity contribution >= 4 is 5.78 Å². The fraction of sp³-hybridized carbons (Fsp3) is 0.786. The van der Waals surface area contributed by atoms with Crippen molar-refractivity contribution in [2.75, 3.05) is 0 Å². The molecule has 0 radical (unpaired) electrons. The van der Waals surface area contributed by atoms with E-state index < -0.39 is 0 Å². The molecule has 1 heteroatoms. The Bertz CT molecular complexity index is 211. The van der Waals surface area contributed by atoms with Crippen LogP contribution in [0.2, 0.25) is 0 Å². The van der Waals surface area contributed by atoms with Crippen LogP contribution in [0.1, 0.15) is 64.7 Å². The maximum Gasteiger partial charge on any atom is 0.158 e. The van der Waals surface area contributed by atoms with Gasteiger partial charge in [0.2, 0.25) is 0 Å². The molecule has 1 aliphatic carbocycles. The second-order valence-electron chi connectivity index (χ2n) is 4.74. The lowest BCUT2D eigenvalue weighted by Crippen LogP contribution is -2.15. The van der Waals surface area contributed by atoms with Gasteiger partial charge in [-0.05, 0) is 30.8 Å². The Morgan fingerprint density at radius 3 is 2.47 bits per heavy atom. The summed E-state index contributed by atoms with van der Waals surface area (Å²) in [6, 6.07) is 0. The minimum absolute atomic E-state index is 0.329. The molecule has 1 rings (SSSR count). The Morgan fingerprint density at radius 2 is 1.87 bits per heavy atom. The Labute approximate surface area is 93.9 Å². The Balaban J connectivity index is 2.28. The molecule has 0 saturated heterocycles. The van der Waals surface area contributed by atoms with Crippen molar-refractivity contribution in [2.45, 2.75) is 64.7 Å². The third kappa shape index (κ3) is 4.19. The zero-order valence-corrected chi connectivity index (χ0v) is 10.1. The highest BCUT2D eigenvalue weighted by molar-refractivity contribution is 5.95. The number of allylic oxidation sites excluding steroid dienone is 1. The van der Waals surface area contributed by atoms with E-state index in [1.807, 2.05) is 0 Å². The van der Waals surface area contributed by atoms with Crippen LogP contribution in [0, 0.1) is 5.92 Å². The molecule has 0 N–H and O–H groups in total. The van der Waals surface area contributed by atoms with Gasteiger partial charge >= 0.3 is 0 Å². The monoisotopic (exact) mass is 208 g/mol. The summed E-state index contributed by atoms with van der Waals surface area (Å²) in [5, 5.41) is 0. The lowest BCUT2D eigenvalue weighted by molar-refractivity contribution is -0.116. The number of carbonyl (C=O) groups is 1. The summed E-state index contributed by atoms with van der Waals surface area (Å²) in [4.78, 5) is 11.8. The average molecular weight is 208 g/mol. The van der Waals surface area contributed by atoms with Crippen LogP contribution in [0.15, 0.2) is 12.2 Å². The van der Waals surface area contributed by atoms with Crippen LogP contribution in [0.5, 0.6) is 0 Å². The SMILES string of the molecule is C=C(C(=O)CCCCC)C1CCCCC1. The Hall–Kier alpha value is -0.590. The first kappa shape index (κ1) is 12.5. The summed E-state index contributed by atoms with van der Waals surface area (Å²) >= 11 is 0. The summed E-state index contributed by atoms with van der Waals surface area (Å²) in [7, 11) is 0. The molecule has 0 atom stereocenters. The second-order valence-corrected chi connectivity index (χ2v) is 4.74. The number of carbonyl (C=O) groups excluding carboxylic acids is 1. The van der Waals surface area contributed by atoms with Gasteiger partial charge in [0.25, 0.3) is 0 Å². The molecule has 0 aliphatic heterocycles. The van der Waals surface area contributed by atoms with Crippen LogP contribution >= 0.6 is 0 Å². The quantitative estimate of drug-likeness (QED) is 0.470. The summed E-state index contributed by atoms with van der Waals surface area (Å²) in [5.41, 5.74) is 0.922. The normalized spacial score (nSPS) is 17.7. The van der Waals surface area contributed by atoms with Crippen LogP contribution in [0.3, 0.4) is 0 Å². The molecule has 0 heterocycles. The maximum atomic E-state index is 11.8. The molecule has 1 aliphatic rings. The number of Topliss-reactive ketones (excluding diaryl/α,β-unsaturated/α-hetero) is 1. The molecular formula is C14H24O. The largest absolute Gasteiger partial charge is 0.295 e. The number of ketones is 1. The third-order valence-corrected chi connectivity index (χ3v) is 3.46. The van der Waals surface area contributed by atoms with E-state index in [-0.39, 0.29) is 0 Å². The fourth-order valence-electron chi connectivity index (χ4n) is 2.37. The van der Waals surface area contributed by atoms with Crippen molar-refractivity contribution in [3.63, 3.8) is 0 Å². The molecule has 1 fully saturated rings. The van der Waals surface area contributed by atoms with Crippen LogP contribution < -0.4 is 0 Å². The van der Waals surface area contributed by atoms with Crippen LogP contribution in [-0.2, 0) is 4.79 Å². The predicted octanol–water partition coefficient (Wildman–Crippen LogP) is 4.27. The minimum Gasteiger partial charge on any atom is -0.295 e. The van der Waals surface area contributed by atoms with Gasteiger partial charge in [-0.15, -0.1) is 0 Å². The maximum absolute atomic E-state index is 11.8. The molecule has 86 valence electrons. The number of rotatable bonds is 6. The minimum atomic E-state index is 0.329. The highest BCUT2D eigenvalue weighted by Gasteiger charge is 2.20. The Morgan fingerprint density at radius 1 is 1.20 bits per heavy atom. The molecular weight excluding hydrogens is 184 g/mol. The predicted molar refractivity (Wildman–Crippen MR) is 64.9 cm³/mol. The topological polar surface area (TPSA) is 17.1 Å². The van der Waals surface area contributed by atoms with Gasteiger partial charge in [-0.3, -0.25) is 4.79 Å². The molecule has 0 aromatic heterocycles. The zero-order chi connectivity index (χ0) is 11.1. The molecule has 1 saturated carbocycles. The van der Waals surface area contributed by atoms with Crippen molar-refractivity contribution in [2.24, 2.45) is 5.92 Å². The van der Waals surface area contributed by atoms with E-state index >= 15 is 0 Å². The van der Waals surface area contributed by atoms with E-state index in [4.69, 9.17) is 0 Å². The molecule has 0 unspecified atom stereocenters. The highest BCUT2D eigenvalue weighted by Crippen LogP contribution is 2.29. The van der Waals surface area contributed by atoms with Crippen molar-refractivity contribution in [1.29, 1.82) is 0 Å². The van der Waals surface area contributed by atoms with Gasteiger partial charge < -0.3 is 0 Å². The third-order valence-electron chi connectivity index (χ3n) is 3.46. The molecule has 1 nitrogen and oxygen atoms in total. The second kappa shape index (κ2) is 6.81. The molecule has 0 aromatic carbocycles. The Kier molecular flexibility index (Phi) is 5.67. The lowest BCUT2D eigenvalue weighted by Gasteiger charge is -2.22. The van der Waals surface area contributed by atoms with Gasteiger partial charge in [-0.2, -0.15) is 0 Å².